The van der Waals surface area contributed by atoms with E-state index in [1.54, 1.807) is 24.3 Å². The quantitative estimate of drug-likeness (QED) is 0.156. The molecule has 0 bridgehead atoms. The van der Waals surface area contributed by atoms with Crippen LogP contribution in [0.1, 0.15) is 15.9 Å². The number of rotatable bonds is 8. The summed E-state index contributed by atoms with van der Waals surface area (Å²) in [6, 6.07) is 12.5. The summed E-state index contributed by atoms with van der Waals surface area (Å²) in [4.78, 5) is 24.8. The third kappa shape index (κ3) is 6.40. The highest BCUT2D eigenvalue weighted by molar-refractivity contribution is 7.92. The molecule has 3 aromatic rings. The fraction of sp³-hybridized carbons (Fsp3) is 0.136. The third-order valence-electron chi connectivity index (χ3n) is 4.33. The second-order valence-corrected chi connectivity index (χ2v) is 9.96. The van der Waals surface area contributed by atoms with Crippen molar-refractivity contribution in [1.82, 2.24) is 10.2 Å². The van der Waals surface area contributed by atoms with E-state index in [0.29, 0.717) is 28.4 Å². The van der Waals surface area contributed by atoms with Crippen LogP contribution < -0.4 is 19.5 Å². The molecule has 13 heteroatoms. The van der Waals surface area contributed by atoms with Crippen molar-refractivity contribution >= 4 is 44.3 Å². The van der Waals surface area contributed by atoms with Gasteiger partial charge in [0, 0.05) is 6.26 Å². The first-order chi connectivity index (χ1) is 16.6. The van der Waals surface area contributed by atoms with Crippen molar-refractivity contribution in [3.63, 3.8) is 0 Å². The van der Waals surface area contributed by atoms with Gasteiger partial charge in [0.1, 0.15) is 17.4 Å². The van der Waals surface area contributed by atoms with Crippen molar-refractivity contribution < 1.29 is 32.2 Å². The Labute approximate surface area is 204 Å². The van der Waals surface area contributed by atoms with Crippen LogP contribution in [0.5, 0.6) is 17.2 Å². The van der Waals surface area contributed by atoms with E-state index in [-0.39, 0.29) is 26.4 Å². The van der Waals surface area contributed by atoms with Crippen LogP contribution in [0, 0.1) is 11.3 Å². The highest BCUT2D eigenvalue weighted by atomic mass is 32.2. The van der Waals surface area contributed by atoms with Crippen LogP contribution in [0.4, 0.5) is 5.13 Å². The molecule has 180 valence electrons. The molecule has 1 heterocycles. The maximum absolute atomic E-state index is 12.4. The number of carbonyl (C=O) groups excluding carboxylic acids is 2. The molecule has 3 rings (SSSR count). The number of hydrogen-bond acceptors (Lipinski definition) is 11. The van der Waals surface area contributed by atoms with E-state index in [1.165, 1.54) is 44.6 Å². The molecule has 0 saturated heterocycles. The molecule has 0 atom stereocenters. The summed E-state index contributed by atoms with van der Waals surface area (Å²) in [7, 11) is -0.625. The summed E-state index contributed by atoms with van der Waals surface area (Å²) in [5, 5.41) is 18.7. The fourth-order valence-electron chi connectivity index (χ4n) is 2.65. The Morgan fingerprint density at radius 2 is 1.74 bits per heavy atom. The van der Waals surface area contributed by atoms with Crippen LogP contribution in [0.25, 0.3) is 6.08 Å². The SMILES string of the molecule is COc1ccc(C(=O)Oc2ccc(C=C(C#N)C(=O)Nc3nnc(S(C)(=O)=O)s3)cc2)cc1OC. The lowest BCUT2D eigenvalue weighted by molar-refractivity contribution is -0.112. The van der Waals surface area contributed by atoms with E-state index in [0.717, 1.165) is 6.26 Å². The molecular formula is C22H18N4O7S2. The zero-order valence-corrected chi connectivity index (χ0v) is 20.3. The lowest BCUT2D eigenvalue weighted by atomic mass is 10.1. The normalized spacial score (nSPS) is 11.3. The van der Waals surface area contributed by atoms with Crippen molar-refractivity contribution in [2.75, 3.05) is 25.8 Å². The average molecular weight is 515 g/mol. The molecule has 2 aromatic carbocycles. The molecule has 0 spiro atoms. The van der Waals surface area contributed by atoms with Crippen molar-refractivity contribution in [2.45, 2.75) is 4.34 Å². The van der Waals surface area contributed by atoms with Gasteiger partial charge in [-0.1, -0.05) is 23.5 Å². The Bertz CT molecular complexity index is 1440. The van der Waals surface area contributed by atoms with Gasteiger partial charge in [-0.05, 0) is 42.0 Å². The Hall–Kier alpha value is -4.28. The topological polar surface area (TPSA) is 158 Å². The molecule has 35 heavy (non-hydrogen) atoms. The number of carbonyl (C=O) groups is 2. The minimum Gasteiger partial charge on any atom is -0.493 e. The van der Waals surface area contributed by atoms with Crippen LogP contribution >= 0.6 is 11.3 Å². The van der Waals surface area contributed by atoms with Gasteiger partial charge in [-0.2, -0.15) is 5.26 Å². The van der Waals surface area contributed by atoms with Crippen LogP contribution in [-0.2, 0) is 14.6 Å². The molecule has 0 saturated carbocycles. The smallest absolute Gasteiger partial charge is 0.343 e. The Morgan fingerprint density at radius 3 is 2.31 bits per heavy atom. The number of nitrogens with zero attached hydrogens (tertiary/aromatic N) is 3. The zero-order chi connectivity index (χ0) is 25.6. The molecule has 0 aliphatic rings. The number of anilines is 1. The molecule has 1 amide bonds. The molecule has 0 radical (unpaired) electrons. The number of hydrogen-bond donors (Lipinski definition) is 1. The number of aromatic nitrogens is 2. The Kier molecular flexibility index (Phi) is 7.80. The summed E-state index contributed by atoms with van der Waals surface area (Å²) in [5.74, 6) is -0.304. The number of sulfone groups is 1. The first-order valence-electron chi connectivity index (χ1n) is 9.65. The van der Waals surface area contributed by atoms with Gasteiger partial charge in [0.15, 0.2) is 11.5 Å². The number of esters is 1. The first-order valence-corrected chi connectivity index (χ1v) is 12.4. The predicted octanol–water partition coefficient (Wildman–Crippen LogP) is 2.72. The number of ether oxygens (including phenoxy) is 3. The molecule has 0 aliphatic heterocycles. The van der Waals surface area contributed by atoms with Gasteiger partial charge in [0.05, 0.1) is 19.8 Å². The van der Waals surface area contributed by atoms with Crippen molar-refractivity contribution in [1.29, 1.82) is 5.26 Å². The van der Waals surface area contributed by atoms with Crippen LogP contribution in [0.3, 0.4) is 0 Å². The maximum atomic E-state index is 12.4. The minimum atomic E-state index is -3.56. The van der Waals surface area contributed by atoms with Gasteiger partial charge in [0.25, 0.3) is 5.91 Å². The summed E-state index contributed by atoms with van der Waals surface area (Å²) >= 11 is 0.670. The highest BCUT2D eigenvalue weighted by Gasteiger charge is 2.18. The zero-order valence-electron chi connectivity index (χ0n) is 18.6. The van der Waals surface area contributed by atoms with E-state index >= 15 is 0 Å². The van der Waals surface area contributed by atoms with Crippen LogP contribution in [0.15, 0.2) is 52.4 Å². The predicted molar refractivity (Wildman–Crippen MR) is 126 cm³/mol. The number of benzene rings is 2. The van der Waals surface area contributed by atoms with Gasteiger partial charge < -0.3 is 14.2 Å². The number of amides is 1. The molecule has 1 N–H and O–H groups in total. The maximum Gasteiger partial charge on any atom is 0.343 e. The largest absolute Gasteiger partial charge is 0.493 e. The van der Waals surface area contributed by atoms with E-state index in [9.17, 15) is 23.3 Å². The van der Waals surface area contributed by atoms with Crippen molar-refractivity contribution in [3.05, 3.63) is 59.2 Å². The van der Waals surface area contributed by atoms with Gasteiger partial charge in [-0.3, -0.25) is 10.1 Å². The van der Waals surface area contributed by atoms with Crippen molar-refractivity contribution in [2.24, 2.45) is 0 Å². The minimum absolute atomic E-state index is 0.0611. The number of nitrogens with one attached hydrogen (secondary N) is 1. The second kappa shape index (κ2) is 10.8. The lowest BCUT2D eigenvalue weighted by Gasteiger charge is -2.09. The Balaban J connectivity index is 1.69. The summed E-state index contributed by atoms with van der Waals surface area (Å²) < 4.78 is 38.4. The summed E-state index contributed by atoms with van der Waals surface area (Å²) in [6.45, 7) is 0. The number of nitriles is 1. The van der Waals surface area contributed by atoms with Gasteiger partial charge in [-0.15, -0.1) is 10.2 Å². The first kappa shape index (κ1) is 25.3. The van der Waals surface area contributed by atoms with E-state index < -0.39 is 21.7 Å². The lowest BCUT2D eigenvalue weighted by Crippen LogP contribution is -2.13. The van der Waals surface area contributed by atoms with Crippen LogP contribution in [0.2, 0.25) is 0 Å². The van der Waals surface area contributed by atoms with E-state index in [1.807, 2.05) is 0 Å². The van der Waals surface area contributed by atoms with Gasteiger partial charge in [-0.25, -0.2) is 13.2 Å². The summed E-state index contributed by atoms with van der Waals surface area (Å²) in [6.07, 6.45) is 2.28. The monoisotopic (exact) mass is 514 g/mol. The van der Waals surface area contributed by atoms with Gasteiger partial charge in [0.2, 0.25) is 19.3 Å². The Morgan fingerprint density at radius 1 is 1.06 bits per heavy atom. The van der Waals surface area contributed by atoms with Crippen molar-refractivity contribution in [3.8, 4) is 23.3 Å². The molecule has 0 fully saturated rings. The second-order valence-electron chi connectivity index (χ2n) is 6.80. The molecule has 11 nitrogen and oxygen atoms in total. The average Bonchev–Trinajstić information content (AvgIpc) is 3.32. The van der Waals surface area contributed by atoms with Gasteiger partial charge >= 0.3 is 5.97 Å². The summed E-state index contributed by atoms with van der Waals surface area (Å²) in [5.41, 5.74) is 0.485. The van der Waals surface area contributed by atoms with Crippen LogP contribution in [-0.4, -0.2) is 51.0 Å². The molecular weight excluding hydrogens is 496 g/mol. The highest BCUT2D eigenvalue weighted by Crippen LogP contribution is 2.28. The molecule has 1 aromatic heterocycles. The van der Waals surface area contributed by atoms with E-state index in [2.05, 4.69) is 15.5 Å². The number of methoxy groups -OCH3 is 2. The fourth-order valence-corrected chi connectivity index (χ4v) is 4.15. The third-order valence-corrected chi connectivity index (χ3v) is 6.84. The standard InChI is InChI=1S/C22H18N4O7S2/c1-31-17-9-6-14(11-18(17)32-2)20(28)33-16-7-4-13(5-8-16)10-15(12-23)19(27)24-21-25-26-22(34-21)35(3,29)30/h4-11H,1-3H3,(H,24,25,27). The van der Waals surface area contributed by atoms with E-state index in [4.69, 9.17) is 14.2 Å². The molecule has 0 unspecified atom stereocenters. The molecule has 0 aliphatic carbocycles.